The average molecular weight is 294 g/mol. The molecule has 4 nitrogen and oxygen atoms in total. The summed E-state index contributed by atoms with van der Waals surface area (Å²) in [7, 11) is 1.56. The van der Waals surface area contributed by atoms with Crippen molar-refractivity contribution in [1.29, 1.82) is 0 Å². The van der Waals surface area contributed by atoms with E-state index in [9.17, 15) is 13.6 Å². The first-order valence-electron chi connectivity index (χ1n) is 6.40. The zero-order chi connectivity index (χ0) is 15.8. The maximum atomic E-state index is 13.8. The minimum atomic E-state index is -0.737. The second kappa shape index (κ2) is 5.27. The number of halogens is 2. The summed E-state index contributed by atoms with van der Waals surface area (Å²) in [6.07, 6.45) is 1.38. The minimum Gasteiger partial charge on any atom is -0.455 e. The molecule has 0 saturated carbocycles. The number of aromatic nitrogens is 2. The first-order chi connectivity index (χ1) is 9.69. The molecule has 0 aliphatic rings. The number of hydrogen-bond acceptors (Lipinski definition) is 3. The van der Waals surface area contributed by atoms with Crippen LogP contribution in [0.4, 0.5) is 8.78 Å². The van der Waals surface area contributed by atoms with Crippen LogP contribution < -0.4 is 0 Å². The number of nitrogens with zero attached hydrogens (tertiary/aromatic N) is 2. The molecule has 2 rings (SSSR count). The molecule has 0 atom stereocenters. The van der Waals surface area contributed by atoms with Crippen LogP contribution in [0.25, 0.3) is 11.4 Å². The van der Waals surface area contributed by atoms with Gasteiger partial charge in [-0.1, -0.05) is 6.07 Å². The molecule has 0 spiro atoms. The van der Waals surface area contributed by atoms with Crippen molar-refractivity contribution >= 4 is 5.97 Å². The fraction of sp³-hybridized carbons (Fsp3) is 0.333. The lowest BCUT2D eigenvalue weighted by atomic mass is 10.2. The number of rotatable bonds is 2. The fourth-order valence-corrected chi connectivity index (χ4v) is 1.84. The van der Waals surface area contributed by atoms with E-state index >= 15 is 0 Å². The van der Waals surface area contributed by atoms with Crippen LogP contribution in [0.5, 0.6) is 0 Å². The Morgan fingerprint density at radius 2 is 1.81 bits per heavy atom. The Morgan fingerprint density at radius 1 is 1.24 bits per heavy atom. The summed E-state index contributed by atoms with van der Waals surface area (Å²) in [6.45, 7) is 5.18. The summed E-state index contributed by atoms with van der Waals surface area (Å²) in [4.78, 5) is 15.9. The van der Waals surface area contributed by atoms with Gasteiger partial charge in [-0.15, -0.1) is 0 Å². The number of imidazole rings is 1. The number of carbonyl (C=O) groups is 1. The predicted molar refractivity (Wildman–Crippen MR) is 73.7 cm³/mol. The third-order valence-corrected chi connectivity index (χ3v) is 2.67. The number of hydrogen-bond donors (Lipinski definition) is 0. The Balaban J connectivity index is 2.43. The zero-order valence-electron chi connectivity index (χ0n) is 12.3. The monoisotopic (exact) mass is 294 g/mol. The van der Waals surface area contributed by atoms with Crippen LogP contribution in [0.15, 0.2) is 24.4 Å². The van der Waals surface area contributed by atoms with Gasteiger partial charge in [-0.2, -0.15) is 0 Å². The van der Waals surface area contributed by atoms with Crippen molar-refractivity contribution in [2.75, 3.05) is 0 Å². The maximum absolute atomic E-state index is 13.8. The van der Waals surface area contributed by atoms with Gasteiger partial charge >= 0.3 is 5.97 Å². The molecule has 0 N–H and O–H groups in total. The lowest BCUT2D eigenvalue weighted by Gasteiger charge is -2.18. The van der Waals surface area contributed by atoms with Gasteiger partial charge in [-0.05, 0) is 32.9 Å². The van der Waals surface area contributed by atoms with Gasteiger partial charge in [0.1, 0.15) is 23.1 Å². The average Bonchev–Trinajstić information content (AvgIpc) is 2.69. The van der Waals surface area contributed by atoms with Gasteiger partial charge in [0.05, 0.1) is 5.56 Å². The quantitative estimate of drug-likeness (QED) is 0.798. The summed E-state index contributed by atoms with van der Waals surface area (Å²) in [5, 5.41) is 0. The fourth-order valence-electron chi connectivity index (χ4n) is 1.84. The smallest absolute Gasteiger partial charge is 0.359 e. The van der Waals surface area contributed by atoms with E-state index in [0.717, 1.165) is 12.1 Å². The van der Waals surface area contributed by atoms with Crippen LogP contribution in [0.1, 0.15) is 31.3 Å². The molecule has 0 unspecified atom stereocenters. The molecule has 0 radical (unpaired) electrons. The van der Waals surface area contributed by atoms with Crippen molar-refractivity contribution in [3.63, 3.8) is 0 Å². The molecule has 0 aliphatic heterocycles. The van der Waals surface area contributed by atoms with E-state index < -0.39 is 23.2 Å². The van der Waals surface area contributed by atoms with E-state index in [0.29, 0.717) is 0 Å². The predicted octanol–water partition coefficient (Wildman–Crippen LogP) is 3.32. The zero-order valence-corrected chi connectivity index (χ0v) is 12.3. The molecule has 1 heterocycles. The van der Waals surface area contributed by atoms with Crippen molar-refractivity contribution in [3.05, 3.63) is 41.7 Å². The standard InChI is InChI=1S/C15H16F2N2O2/c1-15(2,3)21-14(20)11-8-19(4)13(18-11)12-9(16)6-5-7-10(12)17/h5-8H,1-4H3. The van der Waals surface area contributed by atoms with Gasteiger partial charge in [0.2, 0.25) is 0 Å². The number of benzene rings is 1. The molecule has 1 aromatic carbocycles. The number of ether oxygens (including phenoxy) is 1. The molecule has 1 aromatic heterocycles. The third kappa shape index (κ3) is 3.26. The highest BCUT2D eigenvalue weighted by Gasteiger charge is 2.23. The normalized spacial score (nSPS) is 11.5. The molecule has 0 aliphatic carbocycles. The van der Waals surface area contributed by atoms with Crippen LogP contribution in [0, 0.1) is 11.6 Å². The van der Waals surface area contributed by atoms with Gasteiger partial charge in [-0.25, -0.2) is 18.6 Å². The molecule has 2 aromatic rings. The first kappa shape index (κ1) is 15.2. The van der Waals surface area contributed by atoms with E-state index in [4.69, 9.17) is 4.74 Å². The maximum Gasteiger partial charge on any atom is 0.359 e. The van der Waals surface area contributed by atoms with E-state index in [-0.39, 0.29) is 17.1 Å². The van der Waals surface area contributed by atoms with Gasteiger partial charge < -0.3 is 9.30 Å². The Hall–Kier alpha value is -2.24. The largest absolute Gasteiger partial charge is 0.455 e. The van der Waals surface area contributed by atoms with Crippen LogP contribution in [0.2, 0.25) is 0 Å². The number of aryl methyl sites for hydroxylation is 1. The summed E-state index contributed by atoms with van der Waals surface area (Å²) < 4.78 is 34.2. The molecule has 0 fully saturated rings. The van der Waals surface area contributed by atoms with Crippen molar-refractivity contribution in [2.45, 2.75) is 26.4 Å². The number of carbonyl (C=O) groups excluding carboxylic acids is 1. The second-order valence-corrected chi connectivity index (χ2v) is 5.66. The highest BCUT2D eigenvalue weighted by Crippen LogP contribution is 2.25. The van der Waals surface area contributed by atoms with Crippen molar-refractivity contribution in [2.24, 2.45) is 7.05 Å². The Kier molecular flexibility index (Phi) is 3.80. The Bertz CT molecular complexity index is 667. The molecule has 21 heavy (non-hydrogen) atoms. The second-order valence-electron chi connectivity index (χ2n) is 5.66. The lowest BCUT2D eigenvalue weighted by molar-refractivity contribution is 0.00633. The lowest BCUT2D eigenvalue weighted by Crippen LogP contribution is -2.24. The highest BCUT2D eigenvalue weighted by atomic mass is 19.1. The van der Waals surface area contributed by atoms with Crippen LogP contribution >= 0.6 is 0 Å². The summed E-state index contributed by atoms with van der Waals surface area (Å²) in [5.41, 5.74) is -0.933. The van der Waals surface area contributed by atoms with Crippen molar-refractivity contribution in [1.82, 2.24) is 9.55 Å². The molecule has 0 saturated heterocycles. The molecule has 0 amide bonds. The van der Waals surface area contributed by atoms with E-state index in [2.05, 4.69) is 4.98 Å². The number of esters is 1. The van der Waals surface area contributed by atoms with Crippen molar-refractivity contribution in [3.8, 4) is 11.4 Å². The summed E-state index contributed by atoms with van der Waals surface area (Å²) in [5.74, 6) is -2.08. The van der Waals surface area contributed by atoms with Gasteiger partial charge in [-0.3, -0.25) is 0 Å². The van der Waals surface area contributed by atoms with Crippen LogP contribution in [-0.4, -0.2) is 21.1 Å². The van der Waals surface area contributed by atoms with Gasteiger partial charge in [0.15, 0.2) is 5.69 Å². The minimum absolute atomic E-state index is 0.00470. The molecular formula is C15H16F2N2O2. The van der Waals surface area contributed by atoms with E-state index in [1.165, 1.54) is 16.8 Å². The third-order valence-electron chi connectivity index (χ3n) is 2.67. The topological polar surface area (TPSA) is 44.1 Å². The van der Waals surface area contributed by atoms with Crippen molar-refractivity contribution < 1.29 is 18.3 Å². The Labute approximate surface area is 121 Å². The SMILES string of the molecule is Cn1cc(C(=O)OC(C)(C)C)nc1-c1c(F)cccc1F. The summed E-state index contributed by atoms with van der Waals surface area (Å²) in [6, 6.07) is 3.55. The first-order valence-corrected chi connectivity index (χ1v) is 6.40. The van der Waals surface area contributed by atoms with Gasteiger partial charge in [0, 0.05) is 13.2 Å². The van der Waals surface area contributed by atoms with Crippen LogP contribution in [-0.2, 0) is 11.8 Å². The molecule has 0 bridgehead atoms. The molecule has 112 valence electrons. The molecular weight excluding hydrogens is 278 g/mol. The Morgan fingerprint density at radius 3 is 2.33 bits per heavy atom. The highest BCUT2D eigenvalue weighted by molar-refractivity contribution is 5.88. The van der Waals surface area contributed by atoms with Gasteiger partial charge in [0.25, 0.3) is 0 Å². The molecule has 6 heteroatoms. The van der Waals surface area contributed by atoms with Crippen LogP contribution in [0.3, 0.4) is 0 Å². The summed E-state index contributed by atoms with van der Waals surface area (Å²) >= 11 is 0. The van der Waals surface area contributed by atoms with E-state index in [1.54, 1.807) is 27.8 Å². The van der Waals surface area contributed by atoms with E-state index in [1.807, 2.05) is 0 Å².